The van der Waals surface area contributed by atoms with Crippen molar-refractivity contribution < 1.29 is 35.6 Å². The Kier molecular flexibility index (Phi) is 4.69. The van der Waals surface area contributed by atoms with Crippen molar-refractivity contribution in [3.05, 3.63) is 82.9 Å². The van der Waals surface area contributed by atoms with E-state index in [9.17, 15) is 31.1 Å². The summed E-state index contributed by atoms with van der Waals surface area (Å²) in [4.78, 5) is 16.0. The molecule has 0 aliphatic heterocycles. The van der Waals surface area contributed by atoms with Gasteiger partial charge in [-0.3, -0.25) is 4.79 Å². The number of carbonyl (C=O) groups excluding carboxylic acids is 1. The van der Waals surface area contributed by atoms with Crippen LogP contribution in [0.3, 0.4) is 0 Å². The third-order valence-corrected chi connectivity index (χ3v) is 4.18. The largest absolute Gasteiger partial charge is 0.436 e. The molecule has 0 atom stereocenters. The van der Waals surface area contributed by atoms with Crippen LogP contribution in [0.15, 0.2) is 46.9 Å². The normalized spacial score (nSPS) is 11.1. The van der Waals surface area contributed by atoms with Crippen LogP contribution < -0.4 is 5.32 Å². The summed E-state index contributed by atoms with van der Waals surface area (Å²) >= 11 is 0. The van der Waals surface area contributed by atoms with E-state index in [1.807, 2.05) is 0 Å². The summed E-state index contributed by atoms with van der Waals surface area (Å²) in [7, 11) is 0. The van der Waals surface area contributed by atoms with Gasteiger partial charge in [-0.25, -0.2) is 31.3 Å². The highest BCUT2D eigenvalue weighted by Crippen LogP contribution is 2.33. The molecule has 1 heterocycles. The van der Waals surface area contributed by atoms with Gasteiger partial charge in [-0.1, -0.05) is 0 Å². The van der Waals surface area contributed by atoms with Gasteiger partial charge in [-0.2, -0.15) is 0 Å². The van der Waals surface area contributed by atoms with Crippen LogP contribution in [0, 0.1) is 34.9 Å². The molecule has 3 aromatic carbocycles. The Morgan fingerprint density at radius 2 is 1.40 bits per heavy atom. The van der Waals surface area contributed by atoms with Crippen LogP contribution in [0.5, 0.6) is 0 Å². The van der Waals surface area contributed by atoms with Gasteiger partial charge in [0.1, 0.15) is 16.9 Å². The Hall–Kier alpha value is -3.82. The smallest absolute Gasteiger partial charge is 0.255 e. The van der Waals surface area contributed by atoms with Gasteiger partial charge in [0.15, 0.2) is 28.9 Å². The molecule has 1 N–H and O–H groups in total. The summed E-state index contributed by atoms with van der Waals surface area (Å²) in [6.07, 6.45) is 0. The van der Waals surface area contributed by atoms with Gasteiger partial charge in [-0.05, 0) is 42.5 Å². The lowest BCUT2D eigenvalue weighted by Crippen LogP contribution is -2.11. The fourth-order valence-electron chi connectivity index (χ4n) is 2.71. The van der Waals surface area contributed by atoms with Crippen molar-refractivity contribution in [3.63, 3.8) is 0 Å². The van der Waals surface area contributed by atoms with Gasteiger partial charge in [-0.15, -0.1) is 0 Å². The Bertz CT molecular complexity index is 1270. The first-order valence-electron chi connectivity index (χ1n) is 8.25. The van der Waals surface area contributed by atoms with E-state index in [-0.39, 0.29) is 22.4 Å². The molecule has 4 aromatic rings. The molecule has 0 aliphatic carbocycles. The molecule has 0 saturated carbocycles. The molecule has 0 radical (unpaired) electrons. The quantitative estimate of drug-likeness (QED) is 0.266. The van der Waals surface area contributed by atoms with Gasteiger partial charge in [0, 0.05) is 11.3 Å². The Labute approximate surface area is 163 Å². The van der Waals surface area contributed by atoms with E-state index in [0.29, 0.717) is 0 Å². The number of amides is 1. The lowest BCUT2D eigenvalue weighted by Gasteiger charge is -2.04. The van der Waals surface area contributed by atoms with E-state index in [1.54, 1.807) is 0 Å². The number of aromatic nitrogens is 1. The first-order valence-corrected chi connectivity index (χ1v) is 8.25. The minimum Gasteiger partial charge on any atom is -0.436 e. The molecule has 0 saturated heterocycles. The minimum atomic E-state index is -2.30. The zero-order chi connectivity index (χ0) is 21.6. The topological polar surface area (TPSA) is 55.1 Å². The molecule has 4 nitrogen and oxygen atoms in total. The molecule has 1 aromatic heterocycles. The Morgan fingerprint density at radius 1 is 0.800 bits per heavy atom. The summed E-state index contributed by atoms with van der Waals surface area (Å²) in [5, 5.41) is 2.51. The SMILES string of the molecule is O=C(Nc1ccc2oc(-c3c(F)c(F)c(F)c(F)c3F)nc2c1)c1ccc(F)cc1. The average molecular weight is 422 g/mol. The first-order chi connectivity index (χ1) is 14.3. The Balaban J connectivity index is 1.70. The van der Waals surface area contributed by atoms with Crippen LogP contribution in [-0.4, -0.2) is 10.9 Å². The molecule has 0 fully saturated rings. The standard InChI is InChI=1S/C20H8F6N2O2/c21-9-3-1-8(2-4-9)19(29)27-10-5-6-12-11(7-10)28-20(30-12)13-14(22)16(24)18(26)17(25)15(13)23/h1-7H,(H,27,29). The van der Waals surface area contributed by atoms with E-state index < -0.39 is 52.3 Å². The second-order valence-corrected chi connectivity index (χ2v) is 6.11. The maximum Gasteiger partial charge on any atom is 0.255 e. The minimum absolute atomic E-state index is 0.00847. The van der Waals surface area contributed by atoms with Crippen molar-refractivity contribution in [2.75, 3.05) is 5.32 Å². The van der Waals surface area contributed by atoms with Crippen LogP contribution >= 0.6 is 0 Å². The molecule has 4 rings (SSSR count). The summed E-state index contributed by atoms with van der Waals surface area (Å²) in [6, 6.07) is 8.67. The number of hydrogen-bond acceptors (Lipinski definition) is 3. The highest BCUT2D eigenvalue weighted by atomic mass is 19.2. The third kappa shape index (κ3) is 3.25. The van der Waals surface area contributed by atoms with Crippen LogP contribution in [0.2, 0.25) is 0 Å². The molecule has 1 amide bonds. The first kappa shape index (κ1) is 19.5. The van der Waals surface area contributed by atoms with Crippen molar-refractivity contribution in [2.24, 2.45) is 0 Å². The van der Waals surface area contributed by atoms with Gasteiger partial charge in [0.05, 0.1) is 0 Å². The predicted octanol–water partition coefficient (Wildman–Crippen LogP) is 5.58. The van der Waals surface area contributed by atoms with E-state index in [4.69, 9.17) is 4.42 Å². The number of anilines is 1. The molecule has 0 aliphatic rings. The summed E-state index contributed by atoms with van der Waals surface area (Å²) in [5.74, 6) is -12.6. The number of hydrogen-bond donors (Lipinski definition) is 1. The van der Waals surface area contributed by atoms with Gasteiger partial charge >= 0.3 is 0 Å². The molecule has 0 spiro atoms. The van der Waals surface area contributed by atoms with E-state index in [1.165, 1.54) is 30.3 Å². The number of rotatable bonds is 3. The number of carbonyl (C=O) groups is 1. The summed E-state index contributed by atoms with van der Waals surface area (Å²) < 4.78 is 86.1. The van der Waals surface area contributed by atoms with Gasteiger partial charge < -0.3 is 9.73 Å². The second kappa shape index (κ2) is 7.21. The van der Waals surface area contributed by atoms with Crippen molar-refractivity contribution in [1.29, 1.82) is 0 Å². The molecule has 152 valence electrons. The fourth-order valence-corrected chi connectivity index (χ4v) is 2.71. The highest BCUT2D eigenvalue weighted by molar-refractivity contribution is 6.04. The molecule has 0 unspecified atom stereocenters. The highest BCUT2D eigenvalue weighted by Gasteiger charge is 2.29. The number of benzene rings is 3. The van der Waals surface area contributed by atoms with Crippen molar-refractivity contribution >= 4 is 22.7 Å². The maximum absolute atomic E-state index is 14.0. The van der Waals surface area contributed by atoms with Crippen LogP contribution in [0.4, 0.5) is 32.0 Å². The molecule has 10 heteroatoms. The van der Waals surface area contributed by atoms with Crippen LogP contribution in [0.25, 0.3) is 22.6 Å². The van der Waals surface area contributed by atoms with Crippen LogP contribution in [0.1, 0.15) is 10.4 Å². The maximum atomic E-state index is 14.0. The van der Waals surface area contributed by atoms with Gasteiger partial charge in [0.25, 0.3) is 5.91 Å². The van der Waals surface area contributed by atoms with Gasteiger partial charge in [0.2, 0.25) is 11.7 Å². The molecule has 30 heavy (non-hydrogen) atoms. The number of nitrogens with zero attached hydrogens (tertiary/aromatic N) is 1. The van der Waals surface area contributed by atoms with E-state index >= 15 is 0 Å². The third-order valence-electron chi connectivity index (χ3n) is 4.18. The van der Waals surface area contributed by atoms with Crippen molar-refractivity contribution in [3.8, 4) is 11.5 Å². The molecular formula is C20H8F6N2O2. The predicted molar refractivity (Wildman–Crippen MR) is 93.6 cm³/mol. The van der Waals surface area contributed by atoms with E-state index in [2.05, 4.69) is 10.3 Å². The Morgan fingerprint density at radius 3 is 2.03 bits per heavy atom. The monoisotopic (exact) mass is 422 g/mol. The molecular weight excluding hydrogens is 414 g/mol. The van der Waals surface area contributed by atoms with Crippen LogP contribution in [-0.2, 0) is 0 Å². The zero-order valence-electron chi connectivity index (χ0n) is 14.6. The lowest BCUT2D eigenvalue weighted by atomic mass is 10.1. The van der Waals surface area contributed by atoms with Crippen molar-refractivity contribution in [2.45, 2.75) is 0 Å². The summed E-state index contributed by atoms with van der Waals surface area (Å²) in [6.45, 7) is 0. The molecule has 0 bridgehead atoms. The van der Waals surface area contributed by atoms with Crippen molar-refractivity contribution in [1.82, 2.24) is 4.98 Å². The number of oxazole rings is 1. The summed E-state index contributed by atoms with van der Waals surface area (Å²) in [5.41, 5.74) is -0.966. The lowest BCUT2D eigenvalue weighted by molar-refractivity contribution is 0.102. The number of nitrogens with one attached hydrogen (secondary N) is 1. The van der Waals surface area contributed by atoms with E-state index in [0.717, 1.165) is 12.1 Å². The number of halogens is 6. The fraction of sp³-hybridized carbons (Fsp3) is 0. The number of fused-ring (bicyclic) bond motifs is 1. The average Bonchev–Trinajstić information content (AvgIpc) is 3.14. The zero-order valence-corrected chi connectivity index (χ0v) is 14.6. The second-order valence-electron chi connectivity index (χ2n) is 6.11.